The van der Waals surface area contributed by atoms with E-state index in [4.69, 9.17) is 14.2 Å². The van der Waals surface area contributed by atoms with Crippen molar-refractivity contribution < 1.29 is 27.4 Å². The second-order valence-electron chi connectivity index (χ2n) is 11.1. The first kappa shape index (κ1) is 30.9. The molecule has 1 saturated heterocycles. The van der Waals surface area contributed by atoms with Gasteiger partial charge in [0.1, 0.15) is 11.5 Å². The predicted molar refractivity (Wildman–Crippen MR) is 168 cm³/mol. The van der Waals surface area contributed by atoms with Gasteiger partial charge in [-0.3, -0.25) is 9.69 Å². The van der Waals surface area contributed by atoms with Crippen molar-refractivity contribution in [2.45, 2.75) is 56.7 Å². The molecule has 0 unspecified atom stereocenters. The van der Waals surface area contributed by atoms with Crippen LogP contribution < -0.4 is 10.1 Å². The summed E-state index contributed by atoms with van der Waals surface area (Å²) < 4.78 is 43.5. The quantitative estimate of drug-likeness (QED) is 0.260. The van der Waals surface area contributed by atoms with Gasteiger partial charge < -0.3 is 19.5 Å². The fraction of sp³-hybridized carbons (Fsp3) is 0.382. The zero-order chi connectivity index (χ0) is 30.2. The molecule has 0 aromatic heterocycles. The molecule has 0 bridgehead atoms. The van der Waals surface area contributed by atoms with E-state index in [0.717, 1.165) is 50.1 Å². The molecule has 0 aliphatic carbocycles. The number of rotatable bonds is 11. The number of nitrogens with one attached hydrogen (secondary N) is 1. The predicted octanol–water partition coefficient (Wildman–Crippen LogP) is 6.22. The van der Waals surface area contributed by atoms with E-state index >= 15 is 0 Å². The van der Waals surface area contributed by atoms with Gasteiger partial charge in [0.05, 0.1) is 17.3 Å². The number of fused-ring (bicyclic) bond motifs is 1. The van der Waals surface area contributed by atoms with Gasteiger partial charge in [-0.1, -0.05) is 37.3 Å². The highest BCUT2D eigenvalue weighted by Crippen LogP contribution is 2.33. The monoisotopic (exact) mass is 604 g/mol. The molecule has 2 aliphatic rings. The van der Waals surface area contributed by atoms with Crippen LogP contribution in [0.3, 0.4) is 0 Å². The first-order valence-electron chi connectivity index (χ1n) is 14.9. The summed E-state index contributed by atoms with van der Waals surface area (Å²) in [6.45, 7) is 5.55. The summed E-state index contributed by atoms with van der Waals surface area (Å²) in [5, 5.41) is 2.95. The molecular formula is C34H40N2O6S. The van der Waals surface area contributed by atoms with Crippen LogP contribution in [0.15, 0.2) is 77.2 Å². The number of ether oxygens (including phenoxy) is 3. The largest absolute Gasteiger partial charge is 0.457 e. The topological polar surface area (TPSA) is 94.2 Å². The first-order valence-corrected chi connectivity index (χ1v) is 16.6. The van der Waals surface area contributed by atoms with Gasteiger partial charge in [-0.2, -0.15) is 0 Å². The number of anilines is 1. The van der Waals surface area contributed by atoms with E-state index < -0.39 is 9.84 Å². The van der Waals surface area contributed by atoms with Crippen molar-refractivity contribution >= 4 is 27.5 Å². The van der Waals surface area contributed by atoms with Crippen LogP contribution in [0, 0.1) is 0 Å². The first-order chi connectivity index (χ1) is 20.8. The van der Waals surface area contributed by atoms with E-state index in [9.17, 15) is 13.2 Å². The van der Waals surface area contributed by atoms with E-state index in [-0.39, 0.29) is 23.0 Å². The lowest BCUT2D eigenvalue weighted by atomic mass is 10.1. The Morgan fingerprint density at radius 3 is 2.58 bits per heavy atom. The van der Waals surface area contributed by atoms with Crippen molar-refractivity contribution in [1.82, 2.24) is 4.90 Å². The van der Waals surface area contributed by atoms with Crippen LogP contribution in [0.4, 0.5) is 5.69 Å². The van der Waals surface area contributed by atoms with Crippen LogP contribution in [0.25, 0.3) is 6.08 Å². The lowest BCUT2D eigenvalue weighted by Gasteiger charge is -2.31. The number of para-hydroxylation sites is 1. The Bertz CT molecular complexity index is 1550. The molecule has 1 amide bonds. The minimum absolute atomic E-state index is 0.116. The molecule has 8 nitrogen and oxygen atoms in total. The van der Waals surface area contributed by atoms with Crippen molar-refractivity contribution in [1.29, 1.82) is 0 Å². The summed E-state index contributed by atoms with van der Waals surface area (Å²) in [7, 11) is -1.45. The van der Waals surface area contributed by atoms with Gasteiger partial charge in [0.2, 0.25) is 0 Å². The van der Waals surface area contributed by atoms with E-state index in [0.29, 0.717) is 47.6 Å². The number of amides is 1. The average Bonchev–Trinajstić information content (AvgIpc) is 3.14. The molecule has 1 fully saturated rings. The Morgan fingerprint density at radius 2 is 1.81 bits per heavy atom. The van der Waals surface area contributed by atoms with E-state index in [1.165, 1.54) is 0 Å². The summed E-state index contributed by atoms with van der Waals surface area (Å²) in [5.74, 6) is 0.657. The third kappa shape index (κ3) is 8.12. The fourth-order valence-corrected chi connectivity index (χ4v) is 6.86. The summed E-state index contributed by atoms with van der Waals surface area (Å²) in [5.41, 5.74) is 3.55. The highest BCUT2D eigenvalue weighted by atomic mass is 32.2. The van der Waals surface area contributed by atoms with Crippen LogP contribution in [0.1, 0.15) is 49.3 Å². The van der Waals surface area contributed by atoms with Crippen LogP contribution in [0.2, 0.25) is 0 Å². The van der Waals surface area contributed by atoms with Crippen molar-refractivity contribution in [3.8, 4) is 11.5 Å². The maximum Gasteiger partial charge on any atom is 0.251 e. The zero-order valence-electron chi connectivity index (χ0n) is 24.9. The molecule has 0 radical (unpaired) electrons. The van der Waals surface area contributed by atoms with Crippen molar-refractivity contribution in [2.24, 2.45) is 0 Å². The van der Waals surface area contributed by atoms with Gasteiger partial charge in [-0.15, -0.1) is 0 Å². The van der Waals surface area contributed by atoms with Crippen LogP contribution in [-0.4, -0.2) is 57.9 Å². The van der Waals surface area contributed by atoms with E-state index in [1.807, 2.05) is 48.5 Å². The van der Waals surface area contributed by atoms with Crippen molar-refractivity contribution in [3.05, 3.63) is 89.0 Å². The van der Waals surface area contributed by atoms with E-state index in [1.54, 1.807) is 24.3 Å². The standard InChI is InChI=1S/C34H40N2O6S/c1-3-17-41-24-27-6-4-5-7-32(27)42-31-12-13-33-28(22-31)21-26(16-20-43(33,38)39)34(37)35-29-10-8-25(9-11-29)23-36(2)30-14-18-40-19-15-30/h4-13,21-22,30H,3,14-20,23-24H2,1-2H3,(H,35,37). The molecule has 2 heterocycles. The number of sulfone groups is 1. The summed E-state index contributed by atoms with van der Waals surface area (Å²) >= 11 is 0. The van der Waals surface area contributed by atoms with Crippen molar-refractivity contribution in [2.75, 3.05) is 37.9 Å². The average molecular weight is 605 g/mol. The fourth-order valence-electron chi connectivity index (χ4n) is 5.40. The smallest absolute Gasteiger partial charge is 0.251 e. The van der Waals surface area contributed by atoms with Gasteiger partial charge in [0, 0.05) is 49.2 Å². The molecule has 0 atom stereocenters. The second kappa shape index (κ2) is 14.3. The second-order valence-corrected chi connectivity index (χ2v) is 13.2. The Labute approximate surface area is 254 Å². The molecule has 1 N–H and O–H groups in total. The molecular weight excluding hydrogens is 564 g/mol. The van der Waals surface area contributed by atoms with Crippen LogP contribution in [-0.2, 0) is 37.3 Å². The molecule has 5 rings (SSSR count). The SMILES string of the molecule is CCCOCc1ccccc1Oc1ccc2c(c1)C=C(C(=O)Nc1ccc(CN(C)C3CCOCC3)cc1)CCS2(=O)=O. The minimum atomic E-state index is -3.58. The molecule has 3 aromatic carbocycles. The lowest BCUT2D eigenvalue weighted by molar-refractivity contribution is -0.112. The molecule has 9 heteroatoms. The molecule has 2 aliphatic heterocycles. The Balaban J connectivity index is 1.29. The lowest BCUT2D eigenvalue weighted by Crippen LogP contribution is -2.36. The number of hydrogen-bond donors (Lipinski definition) is 1. The number of carbonyl (C=O) groups is 1. The van der Waals surface area contributed by atoms with Crippen molar-refractivity contribution in [3.63, 3.8) is 0 Å². The van der Waals surface area contributed by atoms with Crippen LogP contribution >= 0.6 is 0 Å². The molecule has 43 heavy (non-hydrogen) atoms. The number of benzene rings is 3. The Kier molecular flexibility index (Phi) is 10.3. The van der Waals surface area contributed by atoms with Crippen LogP contribution in [0.5, 0.6) is 11.5 Å². The number of carbonyl (C=O) groups excluding carboxylic acids is 1. The van der Waals surface area contributed by atoms with Gasteiger partial charge in [-0.25, -0.2) is 8.42 Å². The highest BCUT2D eigenvalue weighted by molar-refractivity contribution is 7.91. The summed E-state index contributed by atoms with van der Waals surface area (Å²) in [6, 6.07) is 20.8. The maximum atomic E-state index is 13.3. The van der Waals surface area contributed by atoms with E-state index in [2.05, 4.69) is 24.2 Å². The zero-order valence-corrected chi connectivity index (χ0v) is 25.7. The molecule has 3 aromatic rings. The van der Waals surface area contributed by atoms with Gasteiger partial charge in [0.15, 0.2) is 9.84 Å². The number of nitrogens with zero attached hydrogens (tertiary/aromatic N) is 1. The van der Waals surface area contributed by atoms with Gasteiger partial charge in [-0.05, 0) is 86.3 Å². The summed E-state index contributed by atoms with van der Waals surface area (Å²) in [6.07, 6.45) is 4.77. The molecule has 0 saturated carbocycles. The highest BCUT2D eigenvalue weighted by Gasteiger charge is 2.25. The Morgan fingerprint density at radius 1 is 1.05 bits per heavy atom. The summed E-state index contributed by atoms with van der Waals surface area (Å²) in [4.78, 5) is 15.9. The third-order valence-corrected chi connectivity index (χ3v) is 9.63. The normalized spacial score (nSPS) is 16.7. The van der Waals surface area contributed by atoms with Gasteiger partial charge in [0.25, 0.3) is 5.91 Å². The van der Waals surface area contributed by atoms with Gasteiger partial charge >= 0.3 is 0 Å². The number of hydrogen-bond acceptors (Lipinski definition) is 7. The Hall–Kier alpha value is -3.50. The molecule has 228 valence electrons. The maximum absolute atomic E-state index is 13.3. The minimum Gasteiger partial charge on any atom is -0.457 e. The third-order valence-electron chi connectivity index (χ3n) is 7.84. The molecule has 0 spiro atoms.